The van der Waals surface area contributed by atoms with E-state index in [1.807, 2.05) is 0 Å². The summed E-state index contributed by atoms with van der Waals surface area (Å²) in [6.45, 7) is 2.51. The number of nitrogens with zero attached hydrogens (tertiary/aromatic N) is 1. The lowest BCUT2D eigenvalue weighted by Gasteiger charge is -2.26. The number of sulfonamides is 1. The number of anilines is 1. The summed E-state index contributed by atoms with van der Waals surface area (Å²) in [6, 6.07) is 9.84. The topological polar surface area (TPSA) is 113 Å². The van der Waals surface area contributed by atoms with Crippen molar-refractivity contribution in [1.29, 1.82) is 0 Å². The third-order valence-corrected chi connectivity index (χ3v) is 6.26. The Balaban J connectivity index is 1.84. The molecular formula is C19H20N2O6S. The van der Waals surface area contributed by atoms with Crippen LogP contribution in [0, 0.1) is 0 Å². The average Bonchev–Trinajstić information content (AvgIpc) is 2.69. The Labute approximate surface area is 162 Å². The Morgan fingerprint density at radius 3 is 2.32 bits per heavy atom. The molecule has 0 aliphatic carbocycles. The molecule has 2 aromatic rings. The van der Waals surface area contributed by atoms with Gasteiger partial charge in [0.25, 0.3) is 5.91 Å². The molecule has 28 heavy (non-hydrogen) atoms. The van der Waals surface area contributed by atoms with Gasteiger partial charge in [-0.3, -0.25) is 9.59 Å². The third kappa shape index (κ3) is 4.22. The maximum absolute atomic E-state index is 12.8. The van der Waals surface area contributed by atoms with E-state index in [0.717, 1.165) is 6.07 Å². The molecule has 1 saturated heterocycles. The Kier molecular flexibility index (Phi) is 5.78. The number of nitrogens with one attached hydrogen (secondary N) is 1. The van der Waals surface area contributed by atoms with Gasteiger partial charge in [0.15, 0.2) is 5.78 Å². The van der Waals surface area contributed by atoms with Crippen molar-refractivity contribution in [2.45, 2.75) is 11.8 Å². The van der Waals surface area contributed by atoms with Crippen molar-refractivity contribution < 1.29 is 27.9 Å². The summed E-state index contributed by atoms with van der Waals surface area (Å²) in [6.07, 6.45) is 0. The Morgan fingerprint density at radius 2 is 1.71 bits per heavy atom. The zero-order valence-electron chi connectivity index (χ0n) is 15.2. The maximum atomic E-state index is 12.8. The van der Waals surface area contributed by atoms with Gasteiger partial charge in [-0.05, 0) is 49.4 Å². The molecule has 8 nitrogen and oxygen atoms in total. The molecule has 1 aliphatic rings. The first-order valence-corrected chi connectivity index (χ1v) is 10.1. The van der Waals surface area contributed by atoms with Crippen molar-refractivity contribution >= 4 is 27.4 Å². The molecule has 9 heteroatoms. The largest absolute Gasteiger partial charge is 0.507 e. The molecule has 0 aromatic heterocycles. The van der Waals surface area contributed by atoms with E-state index < -0.39 is 15.9 Å². The lowest BCUT2D eigenvalue weighted by Crippen LogP contribution is -2.40. The Hall–Kier alpha value is -2.75. The number of carbonyl (C=O) groups is 2. The minimum absolute atomic E-state index is 0.0794. The summed E-state index contributed by atoms with van der Waals surface area (Å²) in [5.74, 6) is -1.09. The number of morpholine rings is 1. The fraction of sp³-hybridized carbons (Fsp3) is 0.263. The van der Waals surface area contributed by atoms with Gasteiger partial charge < -0.3 is 15.2 Å². The number of ketones is 1. The highest BCUT2D eigenvalue weighted by molar-refractivity contribution is 7.89. The van der Waals surface area contributed by atoms with Gasteiger partial charge in [-0.25, -0.2) is 8.42 Å². The predicted octanol–water partition coefficient (Wildman–Crippen LogP) is 1.87. The first kappa shape index (κ1) is 20.0. The molecule has 1 aliphatic heterocycles. The fourth-order valence-electron chi connectivity index (χ4n) is 2.78. The number of phenolic OH excluding ortho intramolecular Hbond substituents is 1. The number of hydrogen-bond acceptors (Lipinski definition) is 6. The number of rotatable bonds is 5. The molecule has 1 fully saturated rings. The van der Waals surface area contributed by atoms with Gasteiger partial charge in [0.05, 0.1) is 23.7 Å². The summed E-state index contributed by atoms with van der Waals surface area (Å²) < 4.78 is 32.0. The van der Waals surface area contributed by atoms with E-state index in [1.165, 1.54) is 23.4 Å². The number of amides is 1. The number of carbonyl (C=O) groups excluding carboxylic acids is 2. The van der Waals surface area contributed by atoms with Gasteiger partial charge >= 0.3 is 0 Å². The van der Waals surface area contributed by atoms with Crippen LogP contribution in [0.4, 0.5) is 5.69 Å². The molecule has 3 rings (SSSR count). The van der Waals surface area contributed by atoms with Crippen molar-refractivity contribution in [1.82, 2.24) is 4.31 Å². The molecule has 1 heterocycles. The molecule has 0 atom stereocenters. The second kappa shape index (κ2) is 8.09. The smallest absolute Gasteiger partial charge is 0.259 e. The summed E-state index contributed by atoms with van der Waals surface area (Å²) in [5, 5.41) is 12.6. The van der Waals surface area contributed by atoms with Crippen LogP contribution in [0.2, 0.25) is 0 Å². The van der Waals surface area contributed by atoms with Crippen molar-refractivity contribution in [3.05, 3.63) is 53.6 Å². The zero-order valence-corrected chi connectivity index (χ0v) is 16.0. The molecule has 0 radical (unpaired) electrons. The second-order valence-corrected chi connectivity index (χ2v) is 8.22. The predicted molar refractivity (Wildman–Crippen MR) is 102 cm³/mol. The maximum Gasteiger partial charge on any atom is 0.259 e. The average molecular weight is 404 g/mol. The van der Waals surface area contributed by atoms with Gasteiger partial charge in [-0.1, -0.05) is 0 Å². The Bertz CT molecular complexity index is 996. The van der Waals surface area contributed by atoms with Crippen LogP contribution >= 0.6 is 0 Å². The number of phenols is 1. The molecule has 0 spiro atoms. The van der Waals surface area contributed by atoms with Gasteiger partial charge in [-0.2, -0.15) is 4.31 Å². The molecule has 1 amide bonds. The number of benzene rings is 2. The lowest BCUT2D eigenvalue weighted by molar-refractivity contribution is 0.0730. The van der Waals surface area contributed by atoms with Gasteiger partial charge in [-0.15, -0.1) is 0 Å². The number of aromatic hydroxyl groups is 1. The van der Waals surface area contributed by atoms with Crippen LogP contribution < -0.4 is 5.32 Å². The van der Waals surface area contributed by atoms with E-state index in [1.54, 1.807) is 24.3 Å². The molecule has 0 unspecified atom stereocenters. The van der Waals surface area contributed by atoms with Crippen LogP contribution in [0.25, 0.3) is 0 Å². The third-order valence-electron chi connectivity index (χ3n) is 4.37. The van der Waals surface area contributed by atoms with Crippen LogP contribution in [0.3, 0.4) is 0 Å². The number of hydrogen-bond donors (Lipinski definition) is 2. The van der Waals surface area contributed by atoms with Crippen molar-refractivity contribution in [3.8, 4) is 5.75 Å². The van der Waals surface area contributed by atoms with E-state index in [0.29, 0.717) is 24.5 Å². The van der Waals surface area contributed by atoms with Crippen molar-refractivity contribution in [2.24, 2.45) is 0 Å². The van der Waals surface area contributed by atoms with Crippen LogP contribution in [0.5, 0.6) is 5.75 Å². The summed E-state index contributed by atoms with van der Waals surface area (Å²) >= 11 is 0. The quantitative estimate of drug-likeness (QED) is 0.736. The van der Waals surface area contributed by atoms with E-state index in [2.05, 4.69) is 5.32 Å². The van der Waals surface area contributed by atoms with Crippen molar-refractivity contribution in [2.75, 3.05) is 31.6 Å². The van der Waals surface area contributed by atoms with Crippen LogP contribution in [0.15, 0.2) is 47.4 Å². The number of ether oxygens (including phenoxy) is 1. The molecule has 148 valence electrons. The molecule has 0 bridgehead atoms. The second-order valence-electron chi connectivity index (χ2n) is 6.28. The van der Waals surface area contributed by atoms with Gasteiger partial charge in [0.2, 0.25) is 10.0 Å². The standard InChI is InChI=1S/C19H20N2O6S/c1-13(22)14-2-4-15(5-3-14)20-19(24)17-12-16(6-7-18(17)23)28(25,26)21-8-10-27-11-9-21/h2-7,12,23H,8-11H2,1H3,(H,20,24). The first-order valence-electron chi connectivity index (χ1n) is 8.62. The minimum atomic E-state index is -3.80. The summed E-state index contributed by atoms with van der Waals surface area (Å²) in [4.78, 5) is 23.8. The molecule has 2 N–H and O–H groups in total. The highest BCUT2D eigenvalue weighted by Gasteiger charge is 2.27. The Morgan fingerprint density at radius 1 is 1.07 bits per heavy atom. The molecule has 0 saturated carbocycles. The zero-order chi connectivity index (χ0) is 20.3. The lowest BCUT2D eigenvalue weighted by atomic mass is 10.1. The summed E-state index contributed by atoms with van der Waals surface area (Å²) in [5.41, 5.74) is 0.750. The van der Waals surface area contributed by atoms with Crippen LogP contribution in [0.1, 0.15) is 27.6 Å². The van der Waals surface area contributed by atoms with Gasteiger partial charge in [0, 0.05) is 24.3 Å². The van der Waals surface area contributed by atoms with E-state index >= 15 is 0 Å². The SMILES string of the molecule is CC(=O)c1ccc(NC(=O)c2cc(S(=O)(=O)N3CCOCC3)ccc2O)cc1. The normalized spacial score (nSPS) is 15.2. The van der Waals surface area contributed by atoms with Crippen molar-refractivity contribution in [3.63, 3.8) is 0 Å². The minimum Gasteiger partial charge on any atom is -0.507 e. The van der Waals surface area contributed by atoms with E-state index in [9.17, 15) is 23.1 Å². The monoisotopic (exact) mass is 404 g/mol. The highest BCUT2D eigenvalue weighted by atomic mass is 32.2. The van der Waals surface area contributed by atoms with E-state index in [-0.39, 0.29) is 35.1 Å². The summed E-state index contributed by atoms with van der Waals surface area (Å²) in [7, 11) is -3.80. The van der Waals surface area contributed by atoms with Crippen LogP contribution in [-0.2, 0) is 14.8 Å². The van der Waals surface area contributed by atoms with Crippen LogP contribution in [-0.4, -0.2) is 55.8 Å². The number of Topliss-reactive ketones (excluding diaryl/α,β-unsaturated/α-hetero) is 1. The molecular weight excluding hydrogens is 384 g/mol. The van der Waals surface area contributed by atoms with Gasteiger partial charge in [0.1, 0.15) is 5.75 Å². The molecule has 2 aromatic carbocycles. The first-order chi connectivity index (χ1) is 13.3. The fourth-order valence-corrected chi connectivity index (χ4v) is 4.21. The van der Waals surface area contributed by atoms with E-state index in [4.69, 9.17) is 4.74 Å². The highest BCUT2D eigenvalue weighted by Crippen LogP contribution is 2.25.